The smallest absolute Gasteiger partial charge is 0.160 e. The van der Waals surface area contributed by atoms with Crippen molar-refractivity contribution in [2.24, 2.45) is 0 Å². The fraction of sp³-hybridized carbons (Fsp3) is 0. The summed E-state index contributed by atoms with van der Waals surface area (Å²) in [7, 11) is 0. The van der Waals surface area contributed by atoms with Crippen LogP contribution in [0, 0.1) is 0 Å². The van der Waals surface area contributed by atoms with E-state index in [0.717, 1.165) is 39.1 Å². The Bertz CT molecular complexity index is 2510. The van der Waals surface area contributed by atoms with Crippen LogP contribution in [0.1, 0.15) is 0 Å². The number of benzene rings is 7. The Balaban J connectivity index is 1.25. The second-order valence-corrected chi connectivity index (χ2v) is 12.4. The van der Waals surface area contributed by atoms with Crippen LogP contribution in [-0.2, 0) is 0 Å². The van der Waals surface area contributed by atoms with Crippen LogP contribution < -0.4 is 0 Å². The maximum absolute atomic E-state index is 5.35. The molecular weight excluding hydrogens is 565 g/mol. The fourth-order valence-electron chi connectivity index (χ4n) is 6.45. The highest BCUT2D eigenvalue weighted by atomic mass is 32.1. The molecule has 0 saturated carbocycles. The second-order valence-electron chi connectivity index (χ2n) is 11.4. The third-order valence-corrected chi connectivity index (χ3v) is 9.89. The molecule has 0 fully saturated rings. The largest absolute Gasteiger partial charge is 0.227 e. The average molecular weight is 591 g/mol. The van der Waals surface area contributed by atoms with E-state index < -0.39 is 0 Å². The molecule has 2 aromatic heterocycles. The van der Waals surface area contributed by atoms with Gasteiger partial charge < -0.3 is 0 Å². The lowest BCUT2D eigenvalue weighted by Gasteiger charge is -2.12. The Morgan fingerprint density at radius 1 is 0.400 bits per heavy atom. The molecule has 0 aliphatic carbocycles. The Labute approximate surface area is 264 Å². The lowest BCUT2D eigenvalue weighted by Crippen LogP contribution is -1.96. The minimum Gasteiger partial charge on any atom is -0.227 e. The number of thiophene rings is 1. The summed E-state index contributed by atoms with van der Waals surface area (Å²) < 4.78 is 2.54. The quantitative estimate of drug-likeness (QED) is 0.204. The standard InChI is InChI=1S/C42H26N2S/c1-3-10-27(11-4-1)28-18-20-29(21-19-28)32-15-9-16-33(26-32)42-43-39(31-13-5-2-6-14-31)36-24-25-37-38(40(36)44-42)35-23-22-30-12-7-8-17-34(30)41(35)45-37/h1-26H. The molecule has 0 spiro atoms. The third kappa shape index (κ3) is 4.40. The highest BCUT2D eigenvalue weighted by Crippen LogP contribution is 2.43. The van der Waals surface area contributed by atoms with Gasteiger partial charge in [-0.05, 0) is 51.2 Å². The molecule has 0 bridgehead atoms. The number of aromatic nitrogens is 2. The SMILES string of the molecule is c1ccc(-c2ccc(-c3cccc(-c4nc(-c5ccccc5)c5ccc6sc7c8ccccc8ccc7c6c5n4)c3)cc2)cc1. The molecule has 0 aliphatic rings. The highest BCUT2D eigenvalue weighted by Gasteiger charge is 2.18. The molecule has 0 saturated heterocycles. The Morgan fingerprint density at radius 2 is 1.02 bits per heavy atom. The maximum Gasteiger partial charge on any atom is 0.160 e. The molecule has 0 atom stereocenters. The molecule has 210 valence electrons. The number of hydrogen-bond acceptors (Lipinski definition) is 3. The first kappa shape index (κ1) is 25.8. The van der Waals surface area contributed by atoms with Crippen molar-refractivity contribution in [3.05, 3.63) is 158 Å². The first-order valence-electron chi connectivity index (χ1n) is 15.2. The van der Waals surface area contributed by atoms with Gasteiger partial charge in [0.25, 0.3) is 0 Å². The van der Waals surface area contributed by atoms with Gasteiger partial charge in [-0.2, -0.15) is 0 Å². The summed E-state index contributed by atoms with van der Waals surface area (Å²) in [6.45, 7) is 0. The molecular formula is C42H26N2S. The van der Waals surface area contributed by atoms with E-state index in [1.807, 2.05) is 11.3 Å². The zero-order valence-electron chi connectivity index (χ0n) is 24.3. The Kier molecular flexibility index (Phi) is 6.03. The molecule has 45 heavy (non-hydrogen) atoms. The first-order valence-corrected chi connectivity index (χ1v) is 16.0. The summed E-state index contributed by atoms with van der Waals surface area (Å²) in [5, 5.41) is 6.06. The molecule has 0 unspecified atom stereocenters. The van der Waals surface area contributed by atoms with E-state index in [1.165, 1.54) is 47.6 Å². The lowest BCUT2D eigenvalue weighted by molar-refractivity contribution is 1.23. The molecule has 0 radical (unpaired) electrons. The van der Waals surface area contributed by atoms with Gasteiger partial charge in [0.1, 0.15) is 0 Å². The number of fused-ring (bicyclic) bond motifs is 7. The molecule has 0 amide bonds. The van der Waals surface area contributed by atoms with Gasteiger partial charge in [0.15, 0.2) is 5.82 Å². The molecule has 0 N–H and O–H groups in total. The summed E-state index contributed by atoms with van der Waals surface area (Å²) >= 11 is 1.85. The average Bonchev–Trinajstić information content (AvgIpc) is 3.52. The fourth-order valence-corrected chi connectivity index (χ4v) is 7.69. The minimum absolute atomic E-state index is 0.733. The molecule has 2 heterocycles. The van der Waals surface area contributed by atoms with Gasteiger partial charge in [0.2, 0.25) is 0 Å². The van der Waals surface area contributed by atoms with Crippen molar-refractivity contribution in [1.29, 1.82) is 0 Å². The molecule has 2 nitrogen and oxygen atoms in total. The van der Waals surface area contributed by atoms with Gasteiger partial charge in [-0.25, -0.2) is 9.97 Å². The molecule has 7 aromatic carbocycles. The number of nitrogens with zero attached hydrogens (tertiary/aromatic N) is 2. The van der Waals surface area contributed by atoms with E-state index in [9.17, 15) is 0 Å². The molecule has 3 heteroatoms. The topological polar surface area (TPSA) is 25.8 Å². The maximum atomic E-state index is 5.35. The van der Waals surface area contributed by atoms with Crippen molar-refractivity contribution >= 4 is 53.2 Å². The predicted octanol–water partition coefficient (Wildman–Crippen LogP) is 11.8. The van der Waals surface area contributed by atoms with Crippen LogP contribution >= 0.6 is 11.3 Å². The van der Waals surface area contributed by atoms with Crippen molar-refractivity contribution in [3.63, 3.8) is 0 Å². The van der Waals surface area contributed by atoms with E-state index >= 15 is 0 Å². The van der Waals surface area contributed by atoms with E-state index in [2.05, 4.69) is 158 Å². The van der Waals surface area contributed by atoms with Crippen molar-refractivity contribution in [1.82, 2.24) is 9.97 Å². The summed E-state index contributed by atoms with van der Waals surface area (Å²) in [6, 6.07) is 56.0. The van der Waals surface area contributed by atoms with E-state index in [1.54, 1.807) is 0 Å². The third-order valence-electron chi connectivity index (χ3n) is 8.68. The van der Waals surface area contributed by atoms with Crippen molar-refractivity contribution < 1.29 is 0 Å². The van der Waals surface area contributed by atoms with Crippen LogP contribution in [0.15, 0.2) is 158 Å². The van der Waals surface area contributed by atoms with Gasteiger partial charge >= 0.3 is 0 Å². The highest BCUT2D eigenvalue weighted by molar-refractivity contribution is 7.26. The van der Waals surface area contributed by atoms with Crippen LogP contribution in [0.5, 0.6) is 0 Å². The van der Waals surface area contributed by atoms with Crippen LogP contribution in [0.2, 0.25) is 0 Å². The van der Waals surface area contributed by atoms with Gasteiger partial charge in [-0.3, -0.25) is 0 Å². The molecule has 9 rings (SSSR count). The first-order chi connectivity index (χ1) is 22.3. The van der Waals surface area contributed by atoms with Crippen molar-refractivity contribution in [3.8, 4) is 44.9 Å². The van der Waals surface area contributed by atoms with Crippen LogP contribution in [0.3, 0.4) is 0 Å². The normalized spacial score (nSPS) is 11.6. The predicted molar refractivity (Wildman–Crippen MR) is 192 cm³/mol. The van der Waals surface area contributed by atoms with Gasteiger partial charge in [0.05, 0.1) is 11.2 Å². The number of rotatable bonds is 4. The van der Waals surface area contributed by atoms with Gasteiger partial charge in [-0.15, -0.1) is 11.3 Å². The van der Waals surface area contributed by atoms with E-state index in [-0.39, 0.29) is 0 Å². The van der Waals surface area contributed by atoms with Gasteiger partial charge in [-0.1, -0.05) is 140 Å². The summed E-state index contributed by atoms with van der Waals surface area (Å²) in [5.74, 6) is 0.733. The Hall–Kier alpha value is -5.64. The second kappa shape index (κ2) is 10.5. The van der Waals surface area contributed by atoms with Crippen LogP contribution in [0.25, 0.3) is 86.7 Å². The molecule has 9 aromatic rings. The van der Waals surface area contributed by atoms with E-state index in [4.69, 9.17) is 9.97 Å². The Morgan fingerprint density at radius 3 is 1.82 bits per heavy atom. The summed E-state index contributed by atoms with van der Waals surface area (Å²) in [5.41, 5.74) is 8.77. The monoisotopic (exact) mass is 590 g/mol. The summed E-state index contributed by atoms with van der Waals surface area (Å²) in [4.78, 5) is 10.6. The van der Waals surface area contributed by atoms with Crippen LogP contribution in [0.4, 0.5) is 0 Å². The van der Waals surface area contributed by atoms with Crippen molar-refractivity contribution in [2.75, 3.05) is 0 Å². The molecule has 0 aliphatic heterocycles. The lowest BCUT2D eigenvalue weighted by atomic mass is 9.98. The van der Waals surface area contributed by atoms with Gasteiger partial charge in [0, 0.05) is 36.7 Å². The summed E-state index contributed by atoms with van der Waals surface area (Å²) in [6.07, 6.45) is 0. The number of hydrogen-bond donors (Lipinski definition) is 0. The zero-order valence-corrected chi connectivity index (χ0v) is 25.1. The van der Waals surface area contributed by atoms with Crippen molar-refractivity contribution in [2.45, 2.75) is 0 Å². The zero-order chi connectivity index (χ0) is 29.7. The minimum atomic E-state index is 0.733. The van der Waals surface area contributed by atoms with Crippen LogP contribution in [-0.4, -0.2) is 9.97 Å². The van der Waals surface area contributed by atoms with E-state index in [0.29, 0.717) is 0 Å².